The van der Waals surface area contributed by atoms with Crippen LogP contribution in [0.15, 0.2) is 84.9 Å². The predicted octanol–water partition coefficient (Wildman–Crippen LogP) is 4.64. The van der Waals surface area contributed by atoms with Crippen LogP contribution in [0.1, 0.15) is 13.8 Å². The van der Waals surface area contributed by atoms with Crippen molar-refractivity contribution in [2.75, 3.05) is 0 Å². The molecule has 2 N–H and O–H groups in total. The highest BCUT2D eigenvalue weighted by Gasteiger charge is 2.16. The standard InChI is InChI=1S/C22H16BNO2.C2H6/c25-23(26)17-10-12-22-20(14-17)19-7-3-4-8-21(19)24(22)18-11-9-15-5-1-2-6-16(15)13-18;1-2/h1-14,25-26H;1-2H3. The van der Waals surface area contributed by atoms with Crippen LogP contribution in [0.25, 0.3) is 38.3 Å². The van der Waals surface area contributed by atoms with Gasteiger partial charge in [0, 0.05) is 16.5 Å². The third kappa shape index (κ3) is 2.97. The number of fused-ring (bicyclic) bond motifs is 4. The Morgan fingerprint density at radius 2 is 1.32 bits per heavy atom. The lowest BCUT2D eigenvalue weighted by atomic mass is 9.80. The van der Waals surface area contributed by atoms with Crippen molar-refractivity contribution in [1.82, 2.24) is 4.57 Å². The minimum atomic E-state index is -1.47. The van der Waals surface area contributed by atoms with Crippen molar-refractivity contribution in [3.8, 4) is 5.69 Å². The molecule has 138 valence electrons. The molecule has 0 unspecified atom stereocenters. The molecule has 0 fully saturated rings. The Kier molecular flexibility index (Phi) is 4.91. The molecule has 0 aliphatic rings. The molecule has 0 aliphatic heterocycles. The van der Waals surface area contributed by atoms with Crippen LogP contribution >= 0.6 is 0 Å². The first-order valence-corrected chi connectivity index (χ1v) is 9.61. The van der Waals surface area contributed by atoms with E-state index < -0.39 is 7.12 Å². The van der Waals surface area contributed by atoms with Gasteiger partial charge in [0.25, 0.3) is 0 Å². The molecule has 4 aromatic carbocycles. The summed E-state index contributed by atoms with van der Waals surface area (Å²) in [6, 6.07) is 28.6. The third-order valence-electron chi connectivity index (χ3n) is 4.99. The highest BCUT2D eigenvalue weighted by molar-refractivity contribution is 6.59. The van der Waals surface area contributed by atoms with Crippen LogP contribution in [0.3, 0.4) is 0 Å². The zero-order chi connectivity index (χ0) is 19.7. The van der Waals surface area contributed by atoms with Crippen LogP contribution in [-0.4, -0.2) is 21.7 Å². The lowest BCUT2D eigenvalue weighted by Gasteiger charge is -2.09. The molecule has 28 heavy (non-hydrogen) atoms. The summed E-state index contributed by atoms with van der Waals surface area (Å²) < 4.78 is 2.23. The van der Waals surface area contributed by atoms with E-state index in [1.807, 2.05) is 50.2 Å². The van der Waals surface area contributed by atoms with Gasteiger partial charge in [-0.15, -0.1) is 0 Å². The summed E-state index contributed by atoms with van der Waals surface area (Å²) in [6.07, 6.45) is 0. The van der Waals surface area contributed by atoms with Crippen LogP contribution in [0, 0.1) is 0 Å². The summed E-state index contributed by atoms with van der Waals surface area (Å²) in [4.78, 5) is 0. The Morgan fingerprint density at radius 3 is 2.11 bits per heavy atom. The minimum absolute atomic E-state index is 0.499. The van der Waals surface area contributed by atoms with E-state index in [2.05, 4.69) is 47.0 Å². The zero-order valence-corrected chi connectivity index (χ0v) is 16.0. The van der Waals surface area contributed by atoms with E-state index in [1.54, 1.807) is 6.07 Å². The van der Waals surface area contributed by atoms with Crippen molar-refractivity contribution in [2.24, 2.45) is 0 Å². The van der Waals surface area contributed by atoms with Gasteiger partial charge in [0.15, 0.2) is 0 Å². The molecular formula is C24H22BNO2. The fourth-order valence-electron chi connectivity index (χ4n) is 3.75. The fourth-order valence-corrected chi connectivity index (χ4v) is 3.75. The Hall–Kier alpha value is -3.08. The summed E-state index contributed by atoms with van der Waals surface area (Å²) in [5.41, 5.74) is 3.74. The molecule has 0 amide bonds. The van der Waals surface area contributed by atoms with Crippen molar-refractivity contribution >= 4 is 45.2 Å². The number of benzene rings is 4. The summed E-state index contributed by atoms with van der Waals surface area (Å²) in [5, 5.41) is 23.6. The maximum Gasteiger partial charge on any atom is 0.488 e. The van der Waals surface area contributed by atoms with Crippen molar-refractivity contribution in [3.05, 3.63) is 84.9 Å². The monoisotopic (exact) mass is 367 g/mol. The lowest BCUT2D eigenvalue weighted by molar-refractivity contribution is 0.426. The Bertz CT molecular complexity index is 1270. The molecule has 0 atom stereocenters. The second kappa shape index (κ2) is 7.51. The number of rotatable bonds is 2. The first kappa shape index (κ1) is 18.3. The van der Waals surface area contributed by atoms with E-state index in [0.29, 0.717) is 5.46 Å². The van der Waals surface area contributed by atoms with E-state index in [9.17, 15) is 10.0 Å². The molecule has 0 aliphatic carbocycles. The first-order chi connectivity index (χ1) is 13.7. The van der Waals surface area contributed by atoms with Crippen LogP contribution < -0.4 is 5.46 Å². The van der Waals surface area contributed by atoms with Gasteiger partial charge in [0.2, 0.25) is 0 Å². The third-order valence-corrected chi connectivity index (χ3v) is 4.99. The number of nitrogens with zero attached hydrogens (tertiary/aromatic N) is 1. The maximum atomic E-state index is 9.55. The van der Waals surface area contributed by atoms with Gasteiger partial charge in [0.05, 0.1) is 11.0 Å². The fraction of sp³-hybridized carbons (Fsp3) is 0.0833. The molecule has 1 aromatic heterocycles. The van der Waals surface area contributed by atoms with E-state index >= 15 is 0 Å². The molecular weight excluding hydrogens is 345 g/mol. The highest BCUT2D eigenvalue weighted by atomic mass is 16.4. The molecule has 1 heterocycles. The molecule has 0 saturated carbocycles. The quantitative estimate of drug-likeness (QED) is 0.447. The topological polar surface area (TPSA) is 45.4 Å². The van der Waals surface area contributed by atoms with Crippen LogP contribution in [0.5, 0.6) is 0 Å². The van der Waals surface area contributed by atoms with Crippen molar-refractivity contribution in [2.45, 2.75) is 13.8 Å². The SMILES string of the molecule is CC.OB(O)c1ccc2c(c1)c1ccccc1n2-c1ccc2ccccc2c1. The summed E-state index contributed by atoms with van der Waals surface area (Å²) in [6.45, 7) is 4.00. The number of para-hydroxylation sites is 1. The first-order valence-electron chi connectivity index (χ1n) is 9.61. The molecule has 0 radical (unpaired) electrons. The molecule has 4 heteroatoms. The van der Waals surface area contributed by atoms with Gasteiger partial charge < -0.3 is 14.6 Å². The maximum absolute atomic E-state index is 9.55. The average molecular weight is 367 g/mol. The summed E-state index contributed by atoms with van der Waals surface area (Å²) in [7, 11) is -1.47. The summed E-state index contributed by atoms with van der Waals surface area (Å²) in [5.74, 6) is 0. The van der Waals surface area contributed by atoms with Gasteiger partial charge in [-0.1, -0.05) is 74.5 Å². The van der Waals surface area contributed by atoms with E-state index in [0.717, 1.165) is 27.5 Å². The largest absolute Gasteiger partial charge is 0.488 e. The Morgan fingerprint density at radius 1 is 0.643 bits per heavy atom. The highest BCUT2D eigenvalue weighted by Crippen LogP contribution is 2.32. The van der Waals surface area contributed by atoms with E-state index in [-0.39, 0.29) is 0 Å². The van der Waals surface area contributed by atoms with Crippen molar-refractivity contribution < 1.29 is 10.0 Å². The zero-order valence-electron chi connectivity index (χ0n) is 16.0. The second-order valence-corrected chi connectivity index (χ2v) is 6.53. The van der Waals surface area contributed by atoms with Crippen molar-refractivity contribution in [1.29, 1.82) is 0 Å². The average Bonchev–Trinajstić information content (AvgIpc) is 3.08. The lowest BCUT2D eigenvalue weighted by Crippen LogP contribution is -2.29. The molecule has 0 spiro atoms. The smallest absolute Gasteiger partial charge is 0.423 e. The van der Waals surface area contributed by atoms with Gasteiger partial charge >= 0.3 is 7.12 Å². The summed E-state index contributed by atoms with van der Waals surface area (Å²) >= 11 is 0. The van der Waals surface area contributed by atoms with Gasteiger partial charge in [-0.25, -0.2) is 0 Å². The molecule has 0 bridgehead atoms. The van der Waals surface area contributed by atoms with Crippen LogP contribution in [0.2, 0.25) is 0 Å². The van der Waals surface area contributed by atoms with Crippen molar-refractivity contribution in [3.63, 3.8) is 0 Å². The number of hydrogen-bond acceptors (Lipinski definition) is 2. The second-order valence-electron chi connectivity index (χ2n) is 6.53. The minimum Gasteiger partial charge on any atom is -0.423 e. The predicted molar refractivity (Wildman–Crippen MR) is 119 cm³/mol. The van der Waals surface area contributed by atoms with Gasteiger partial charge in [0.1, 0.15) is 0 Å². The van der Waals surface area contributed by atoms with Gasteiger partial charge in [-0.05, 0) is 40.5 Å². The van der Waals surface area contributed by atoms with Crippen LogP contribution in [0.4, 0.5) is 0 Å². The molecule has 5 aromatic rings. The molecule has 5 rings (SSSR count). The number of hydrogen-bond donors (Lipinski definition) is 2. The Labute approximate surface area is 164 Å². The van der Waals surface area contributed by atoms with Crippen LogP contribution in [-0.2, 0) is 0 Å². The van der Waals surface area contributed by atoms with E-state index in [4.69, 9.17) is 0 Å². The van der Waals surface area contributed by atoms with E-state index in [1.165, 1.54) is 10.8 Å². The normalized spacial score (nSPS) is 10.9. The number of aromatic nitrogens is 1. The van der Waals surface area contributed by atoms with Gasteiger partial charge in [-0.3, -0.25) is 0 Å². The van der Waals surface area contributed by atoms with Gasteiger partial charge in [-0.2, -0.15) is 0 Å². The molecule has 3 nitrogen and oxygen atoms in total. The Balaban J connectivity index is 0.000000932. The molecule has 0 saturated heterocycles.